The lowest BCUT2D eigenvalue weighted by atomic mass is 9.91. The number of carbonyl (C=O) groups is 2. The molecule has 36 heavy (non-hydrogen) atoms. The van der Waals surface area contributed by atoms with Gasteiger partial charge < -0.3 is 15.5 Å². The van der Waals surface area contributed by atoms with Crippen molar-refractivity contribution < 1.29 is 35.9 Å². The number of carbonyl (C=O) groups excluding carboxylic acids is 2. The summed E-state index contributed by atoms with van der Waals surface area (Å²) in [4.78, 5) is 26.6. The van der Waals surface area contributed by atoms with Gasteiger partial charge >= 0.3 is 18.4 Å². The summed E-state index contributed by atoms with van der Waals surface area (Å²) in [6.07, 6.45) is -9.33. The maximum atomic E-state index is 13.3. The minimum Gasteiger partial charge on any atom is -0.338 e. The minimum absolute atomic E-state index is 0.00945. The van der Waals surface area contributed by atoms with E-state index in [-0.39, 0.29) is 37.9 Å². The molecule has 0 aliphatic carbocycles. The summed E-state index contributed by atoms with van der Waals surface area (Å²) < 4.78 is 79.9. The van der Waals surface area contributed by atoms with Crippen LogP contribution in [0.5, 0.6) is 0 Å². The molecule has 1 aliphatic rings. The van der Waals surface area contributed by atoms with Gasteiger partial charge in [0.1, 0.15) is 0 Å². The van der Waals surface area contributed by atoms with Gasteiger partial charge in [0.2, 0.25) is 0 Å². The van der Waals surface area contributed by atoms with E-state index < -0.39 is 47.0 Å². The number of alkyl halides is 6. The van der Waals surface area contributed by atoms with Gasteiger partial charge in [-0.3, -0.25) is 4.79 Å². The molecular formula is C24H24ClF6N3O2. The number of hydrogen-bond donors (Lipinski definition) is 2. The van der Waals surface area contributed by atoms with E-state index in [1.165, 1.54) is 4.90 Å². The molecule has 1 heterocycles. The van der Waals surface area contributed by atoms with Gasteiger partial charge in [-0.05, 0) is 62.1 Å². The molecule has 0 aromatic heterocycles. The summed E-state index contributed by atoms with van der Waals surface area (Å²) in [5.41, 5.74) is -3.04. The third kappa shape index (κ3) is 7.05. The van der Waals surface area contributed by atoms with Crippen LogP contribution in [0.3, 0.4) is 0 Å². The highest BCUT2D eigenvalue weighted by molar-refractivity contribution is 6.30. The van der Waals surface area contributed by atoms with E-state index in [9.17, 15) is 35.9 Å². The van der Waals surface area contributed by atoms with E-state index in [0.29, 0.717) is 23.7 Å². The zero-order chi connectivity index (χ0) is 26.7. The second-order valence-electron chi connectivity index (χ2n) is 8.50. The van der Waals surface area contributed by atoms with Gasteiger partial charge in [0.25, 0.3) is 5.91 Å². The highest BCUT2D eigenvalue weighted by Gasteiger charge is 2.39. The lowest BCUT2D eigenvalue weighted by Gasteiger charge is -2.40. The molecule has 3 rings (SSSR count). The lowest BCUT2D eigenvalue weighted by molar-refractivity contribution is -0.143. The van der Waals surface area contributed by atoms with Crippen LogP contribution < -0.4 is 10.6 Å². The lowest BCUT2D eigenvalue weighted by Crippen LogP contribution is -2.54. The largest absolute Gasteiger partial charge is 0.416 e. The third-order valence-corrected chi connectivity index (χ3v) is 6.12. The Hall–Kier alpha value is -2.95. The first-order chi connectivity index (χ1) is 16.8. The molecule has 196 valence electrons. The van der Waals surface area contributed by atoms with Crippen LogP contribution in [0.25, 0.3) is 0 Å². The third-order valence-electron chi connectivity index (χ3n) is 5.87. The molecule has 5 nitrogen and oxygen atoms in total. The van der Waals surface area contributed by atoms with Gasteiger partial charge in [-0.2, -0.15) is 26.3 Å². The summed E-state index contributed by atoms with van der Waals surface area (Å²) in [6.45, 7) is 2.18. The van der Waals surface area contributed by atoms with Crippen LogP contribution in [0, 0.1) is 0 Å². The Labute approximate surface area is 208 Å². The Morgan fingerprint density at radius 1 is 1.00 bits per heavy atom. The molecule has 0 spiro atoms. The fourth-order valence-electron chi connectivity index (χ4n) is 4.18. The van der Waals surface area contributed by atoms with E-state index in [1.807, 2.05) is 0 Å². The maximum absolute atomic E-state index is 13.3. The molecule has 3 amide bonds. The van der Waals surface area contributed by atoms with Crippen LogP contribution in [0.4, 0.5) is 31.1 Å². The summed E-state index contributed by atoms with van der Waals surface area (Å²) in [6, 6.07) is 6.25. The van der Waals surface area contributed by atoms with E-state index in [2.05, 4.69) is 10.6 Å². The van der Waals surface area contributed by atoms with Gasteiger partial charge in [-0.25, -0.2) is 4.79 Å². The molecule has 2 aromatic rings. The fourth-order valence-corrected chi connectivity index (χ4v) is 4.30. The number of nitrogens with one attached hydrogen (secondary N) is 2. The van der Waals surface area contributed by atoms with Crippen molar-refractivity contribution in [1.29, 1.82) is 0 Å². The van der Waals surface area contributed by atoms with Crippen molar-refractivity contribution in [2.75, 3.05) is 13.1 Å². The molecule has 1 aliphatic heterocycles. The van der Waals surface area contributed by atoms with Crippen molar-refractivity contribution in [2.24, 2.45) is 0 Å². The highest BCUT2D eigenvalue weighted by Crippen LogP contribution is 2.37. The van der Waals surface area contributed by atoms with Crippen molar-refractivity contribution in [2.45, 2.75) is 50.6 Å². The zero-order valence-electron chi connectivity index (χ0n) is 19.1. The van der Waals surface area contributed by atoms with Gasteiger partial charge in [0.05, 0.1) is 11.1 Å². The standard InChI is InChI=1S/C24H24ClF6N3O2/c1-2-32-22(36)33-19-7-8-34(20(13-19)9-14-3-5-18(25)6-4-14)21(35)15-10-16(23(26,27)28)12-17(11-15)24(29,30)31/h3-6,10-12,19-20H,2,7-9,13H2,1H3,(H2,32,33,36). The Morgan fingerprint density at radius 2 is 1.58 bits per heavy atom. The first kappa shape index (κ1) is 27.6. The van der Waals surface area contributed by atoms with Gasteiger partial charge in [-0.1, -0.05) is 23.7 Å². The minimum atomic E-state index is -5.07. The van der Waals surface area contributed by atoms with Crippen molar-refractivity contribution >= 4 is 23.5 Å². The molecule has 2 unspecified atom stereocenters. The van der Waals surface area contributed by atoms with Gasteiger partial charge in [-0.15, -0.1) is 0 Å². The second kappa shape index (κ2) is 11.0. The van der Waals surface area contributed by atoms with Crippen LogP contribution in [-0.2, 0) is 18.8 Å². The molecule has 0 radical (unpaired) electrons. The van der Waals surface area contributed by atoms with Crippen molar-refractivity contribution in [1.82, 2.24) is 15.5 Å². The normalized spacial score (nSPS) is 18.6. The fraction of sp³-hybridized carbons (Fsp3) is 0.417. The van der Waals surface area contributed by atoms with Crippen molar-refractivity contribution in [3.63, 3.8) is 0 Å². The van der Waals surface area contributed by atoms with Crippen molar-refractivity contribution in [3.05, 3.63) is 69.7 Å². The SMILES string of the molecule is CCNC(=O)NC1CCN(C(=O)c2cc(C(F)(F)F)cc(C(F)(F)F)c2)C(Cc2ccc(Cl)cc2)C1. The zero-order valence-corrected chi connectivity index (χ0v) is 19.9. The van der Waals surface area contributed by atoms with E-state index in [1.54, 1.807) is 31.2 Å². The number of halogens is 7. The number of hydrogen-bond acceptors (Lipinski definition) is 2. The Bertz CT molecular complexity index is 1060. The number of likely N-dealkylation sites (tertiary alicyclic amines) is 1. The van der Waals surface area contributed by atoms with E-state index in [4.69, 9.17) is 11.6 Å². The van der Waals surface area contributed by atoms with E-state index >= 15 is 0 Å². The highest BCUT2D eigenvalue weighted by atomic mass is 35.5. The Balaban J connectivity index is 1.94. The number of nitrogens with zero attached hydrogens (tertiary/aromatic N) is 1. The summed E-state index contributed by atoms with van der Waals surface area (Å²) >= 11 is 5.92. The van der Waals surface area contributed by atoms with Crippen LogP contribution >= 0.6 is 11.6 Å². The number of urea groups is 1. The summed E-state index contributed by atoms with van der Waals surface area (Å²) in [7, 11) is 0. The molecule has 1 fully saturated rings. The Kier molecular flexibility index (Phi) is 8.43. The van der Waals surface area contributed by atoms with Crippen LogP contribution in [0.2, 0.25) is 5.02 Å². The monoisotopic (exact) mass is 535 g/mol. The predicted molar refractivity (Wildman–Crippen MR) is 122 cm³/mol. The first-order valence-corrected chi connectivity index (χ1v) is 11.5. The number of benzene rings is 2. The Morgan fingerprint density at radius 3 is 2.11 bits per heavy atom. The van der Waals surface area contributed by atoms with Crippen LogP contribution in [0.15, 0.2) is 42.5 Å². The average molecular weight is 536 g/mol. The van der Waals surface area contributed by atoms with E-state index in [0.717, 1.165) is 5.56 Å². The van der Waals surface area contributed by atoms with Crippen molar-refractivity contribution in [3.8, 4) is 0 Å². The predicted octanol–water partition coefficient (Wildman–Crippen LogP) is 5.91. The molecule has 2 aromatic carbocycles. The molecule has 2 atom stereocenters. The summed E-state index contributed by atoms with van der Waals surface area (Å²) in [5.74, 6) is -0.943. The molecule has 0 saturated carbocycles. The molecule has 0 bridgehead atoms. The maximum Gasteiger partial charge on any atom is 0.416 e. The second-order valence-corrected chi connectivity index (χ2v) is 8.94. The number of amides is 3. The number of piperidine rings is 1. The number of rotatable bonds is 5. The first-order valence-electron chi connectivity index (χ1n) is 11.2. The van der Waals surface area contributed by atoms with Crippen LogP contribution in [0.1, 0.15) is 46.8 Å². The molecular weight excluding hydrogens is 512 g/mol. The molecule has 2 N–H and O–H groups in total. The van der Waals surface area contributed by atoms with Gasteiger partial charge in [0, 0.05) is 35.8 Å². The quantitative estimate of drug-likeness (QED) is 0.467. The average Bonchev–Trinajstić information content (AvgIpc) is 2.79. The van der Waals surface area contributed by atoms with Gasteiger partial charge in [0.15, 0.2) is 0 Å². The topological polar surface area (TPSA) is 61.4 Å². The molecule has 12 heteroatoms. The smallest absolute Gasteiger partial charge is 0.338 e. The molecule has 1 saturated heterocycles. The summed E-state index contributed by atoms with van der Waals surface area (Å²) in [5, 5.41) is 5.88. The van der Waals surface area contributed by atoms with Crippen LogP contribution in [-0.4, -0.2) is 42.0 Å².